The zero-order valence-electron chi connectivity index (χ0n) is 13.6. The van der Waals surface area contributed by atoms with Gasteiger partial charge in [0.2, 0.25) is 0 Å². The summed E-state index contributed by atoms with van der Waals surface area (Å²) in [6, 6.07) is 6.18. The fourth-order valence-corrected chi connectivity index (χ4v) is 3.44. The molecule has 0 unspecified atom stereocenters. The summed E-state index contributed by atoms with van der Waals surface area (Å²) in [5, 5.41) is 5.02. The molecule has 1 saturated carbocycles. The lowest BCUT2D eigenvalue weighted by Crippen LogP contribution is -2.47. The van der Waals surface area contributed by atoms with Crippen LogP contribution in [0.4, 0.5) is 0 Å². The van der Waals surface area contributed by atoms with Crippen LogP contribution in [0.15, 0.2) is 18.2 Å². The zero-order chi connectivity index (χ0) is 15.7. The number of halogens is 2. The third-order valence-corrected chi connectivity index (χ3v) is 5.46. The predicted molar refractivity (Wildman–Crippen MR) is 93.5 cm³/mol. The van der Waals surface area contributed by atoms with E-state index in [-0.39, 0.29) is 11.0 Å². The fraction of sp³-hybridized carbons (Fsp3) is 0.667. The SMILES string of the molecule is CC1CCC(CNC(C)(C)C)(c2ccc(Cl)c(Cl)c2)CC1. The quantitative estimate of drug-likeness (QED) is 0.736. The Morgan fingerprint density at radius 3 is 2.29 bits per heavy atom. The normalized spacial score (nSPS) is 26.9. The molecule has 0 amide bonds. The Morgan fingerprint density at radius 2 is 1.76 bits per heavy atom. The molecule has 3 heteroatoms. The molecule has 1 aromatic rings. The highest BCUT2D eigenvalue weighted by Gasteiger charge is 2.36. The molecule has 118 valence electrons. The summed E-state index contributed by atoms with van der Waals surface area (Å²) in [5.41, 5.74) is 1.65. The Kier molecular flexibility index (Phi) is 5.28. The van der Waals surface area contributed by atoms with Crippen LogP contribution in [0.25, 0.3) is 0 Å². The first-order valence-corrected chi connectivity index (χ1v) is 8.68. The molecule has 1 aliphatic carbocycles. The third-order valence-electron chi connectivity index (χ3n) is 4.72. The van der Waals surface area contributed by atoms with Gasteiger partial charge in [-0.25, -0.2) is 0 Å². The molecule has 1 aliphatic rings. The average molecular weight is 328 g/mol. The molecule has 2 rings (SSSR count). The molecule has 0 aromatic heterocycles. The van der Waals surface area contributed by atoms with E-state index in [0.717, 1.165) is 12.5 Å². The van der Waals surface area contributed by atoms with Gasteiger partial charge < -0.3 is 5.32 Å². The molecule has 0 spiro atoms. The highest BCUT2D eigenvalue weighted by Crippen LogP contribution is 2.42. The van der Waals surface area contributed by atoms with Crippen molar-refractivity contribution in [2.24, 2.45) is 5.92 Å². The second-order valence-corrected chi connectivity index (χ2v) is 8.51. The molecule has 1 aromatic carbocycles. The number of rotatable bonds is 3. The lowest BCUT2D eigenvalue weighted by Gasteiger charge is -2.42. The number of hydrogen-bond acceptors (Lipinski definition) is 1. The van der Waals surface area contributed by atoms with Crippen LogP contribution in [0.5, 0.6) is 0 Å². The van der Waals surface area contributed by atoms with Crippen LogP contribution in [-0.4, -0.2) is 12.1 Å². The second kappa shape index (κ2) is 6.48. The predicted octanol–water partition coefficient (Wildman–Crippen LogP) is 5.83. The van der Waals surface area contributed by atoms with E-state index in [0.29, 0.717) is 10.0 Å². The van der Waals surface area contributed by atoms with E-state index in [4.69, 9.17) is 23.2 Å². The Morgan fingerprint density at radius 1 is 1.14 bits per heavy atom. The van der Waals surface area contributed by atoms with Crippen LogP contribution in [0.1, 0.15) is 58.9 Å². The molecule has 0 saturated heterocycles. The maximum Gasteiger partial charge on any atom is 0.0595 e. The lowest BCUT2D eigenvalue weighted by molar-refractivity contribution is 0.217. The molecular weight excluding hydrogens is 301 g/mol. The average Bonchev–Trinajstić information content (AvgIpc) is 2.41. The van der Waals surface area contributed by atoms with E-state index in [1.165, 1.54) is 31.2 Å². The first-order valence-electron chi connectivity index (χ1n) is 7.92. The van der Waals surface area contributed by atoms with Gasteiger partial charge in [-0.3, -0.25) is 0 Å². The van der Waals surface area contributed by atoms with Crippen LogP contribution >= 0.6 is 23.2 Å². The van der Waals surface area contributed by atoms with Gasteiger partial charge in [-0.15, -0.1) is 0 Å². The molecule has 1 N–H and O–H groups in total. The third kappa shape index (κ3) is 4.37. The van der Waals surface area contributed by atoms with E-state index in [1.807, 2.05) is 6.07 Å². The van der Waals surface area contributed by atoms with Crippen molar-refractivity contribution >= 4 is 23.2 Å². The number of nitrogens with one attached hydrogen (secondary N) is 1. The van der Waals surface area contributed by atoms with Gasteiger partial charge >= 0.3 is 0 Å². The van der Waals surface area contributed by atoms with E-state index in [9.17, 15) is 0 Å². The minimum atomic E-state index is 0.131. The lowest BCUT2D eigenvalue weighted by atomic mass is 9.66. The van der Waals surface area contributed by atoms with Crippen molar-refractivity contribution in [1.29, 1.82) is 0 Å². The van der Waals surface area contributed by atoms with Gasteiger partial charge in [-0.1, -0.05) is 36.2 Å². The summed E-state index contributed by atoms with van der Waals surface area (Å²) in [4.78, 5) is 0. The van der Waals surface area contributed by atoms with Crippen molar-refractivity contribution in [2.45, 2.75) is 64.3 Å². The van der Waals surface area contributed by atoms with Gasteiger partial charge in [0.25, 0.3) is 0 Å². The van der Waals surface area contributed by atoms with Crippen LogP contribution in [0.3, 0.4) is 0 Å². The van der Waals surface area contributed by atoms with Gasteiger partial charge in [0.1, 0.15) is 0 Å². The zero-order valence-corrected chi connectivity index (χ0v) is 15.1. The number of benzene rings is 1. The van der Waals surface area contributed by atoms with E-state index < -0.39 is 0 Å². The van der Waals surface area contributed by atoms with Crippen molar-refractivity contribution < 1.29 is 0 Å². The molecule has 0 atom stereocenters. The second-order valence-electron chi connectivity index (χ2n) is 7.70. The molecule has 21 heavy (non-hydrogen) atoms. The smallest absolute Gasteiger partial charge is 0.0595 e. The van der Waals surface area contributed by atoms with E-state index in [1.54, 1.807) is 0 Å². The Balaban J connectivity index is 2.28. The summed E-state index contributed by atoms with van der Waals surface area (Å²) in [7, 11) is 0. The maximum absolute atomic E-state index is 6.26. The molecule has 0 heterocycles. The van der Waals surface area contributed by atoms with Gasteiger partial charge in [0.05, 0.1) is 10.0 Å². The van der Waals surface area contributed by atoms with Crippen LogP contribution < -0.4 is 5.32 Å². The van der Waals surface area contributed by atoms with Crippen molar-refractivity contribution in [3.8, 4) is 0 Å². The molecule has 0 aliphatic heterocycles. The highest BCUT2D eigenvalue weighted by molar-refractivity contribution is 6.42. The standard InChI is InChI=1S/C18H27Cl2N/c1-13-7-9-18(10-8-13,12-21-17(2,3)4)14-5-6-15(19)16(20)11-14/h5-6,11,13,21H,7-10,12H2,1-4H3. The monoisotopic (exact) mass is 327 g/mol. The van der Waals surface area contributed by atoms with Gasteiger partial charge in [0.15, 0.2) is 0 Å². The van der Waals surface area contributed by atoms with Crippen molar-refractivity contribution in [1.82, 2.24) is 5.32 Å². The molecular formula is C18H27Cl2N. The summed E-state index contributed by atoms with van der Waals surface area (Å²) in [5.74, 6) is 0.829. The Hall–Kier alpha value is -0.240. The summed E-state index contributed by atoms with van der Waals surface area (Å²) in [6.45, 7) is 10.0. The van der Waals surface area contributed by atoms with Crippen LogP contribution in [0, 0.1) is 5.92 Å². The summed E-state index contributed by atoms with van der Waals surface area (Å²) < 4.78 is 0. The largest absolute Gasteiger partial charge is 0.311 e. The molecule has 0 bridgehead atoms. The minimum Gasteiger partial charge on any atom is -0.311 e. The fourth-order valence-electron chi connectivity index (χ4n) is 3.14. The van der Waals surface area contributed by atoms with Crippen LogP contribution in [-0.2, 0) is 5.41 Å². The van der Waals surface area contributed by atoms with Crippen molar-refractivity contribution in [2.75, 3.05) is 6.54 Å². The first kappa shape index (κ1) is 17.1. The summed E-state index contributed by atoms with van der Waals surface area (Å²) >= 11 is 12.4. The van der Waals surface area contributed by atoms with Crippen molar-refractivity contribution in [3.63, 3.8) is 0 Å². The molecule has 1 fully saturated rings. The van der Waals surface area contributed by atoms with E-state index in [2.05, 4.69) is 45.1 Å². The van der Waals surface area contributed by atoms with Gasteiger partial charge in [-0.2, -0.15) is 0 Å². The maximum atomic E-state index is 6.26. The van der Waals surface area contributed by atoms with E-state index >= 15 is 0 Å². The van der Waals surface area contributed by atoms with Gasteiger partial charge in [0, 0.05) is 17.5 Å². The first-order chi connectivity index (χ1) is 9.72. The molecule has 0 radical (unpaired) electrons. The molecule has 1 nitrogen and oxygen atoms in total. The minimum absolute atomic E-state index is 0.131. The number of hydrogen-bond donors (Lipinski definition) is 1. The summed E-state index contributed by atoms with van der Waals surface area (Å²) in [6.07, 6.45) is 5.00. The van der Waals surface area contributed by atoms with Crippen LogP contribution in [0.2, 0.25) is 10.0 Å². The topological polar surface area (TPSA) is 12.0 Å². The van der Waals surface area contributed by atoms with Gasteiger partial charge in [-0.05, 0) is 70.1 Å². The highest BCUT2D eigenvalue weighted by atomic mass is 35.5. The Bertz CT molecular complexity index is 482. The Labute approximate surface area is 139 Å². The van der Waals surface area contributed by atoms with Crippen molar-refractivity contribution in [3.05, 3.63) is 33.8 Å².